The lowest BCUT2D eigenvalue weighted by Crippen LogP contribution is -2.59. The average molecular weight is 369 g/mol. The van der Waals surface area contributed by atoms with Crippen molar-refractivity contribution >= 4 is 5.91 Å². The van der Waals surface area contributed by atoms with Crippen LogP contribution in [0.4, 0.5) is 0 Å². The number of morpholine rings is 1. The molecule has 2 aliphatic rings. The second kappa shape index (κ2) is 8.19. The molecule has 1 N–H and O–H groups in total. The topological polar surface area (TPSA) is 72.3 Å². The molecule has 1 saturated carbocycles. The largest absolute Gasteiger partial charge is 0.379 e. The maximum Gasteiger partial charge on any atom is 0.291 e. The molecule has 144 valence electrons. The molecule has 1 amide bonds. The van der Waals surface area contributed by atoms with E-state index in [9.17, 15) is 4.79 Å². The molecule has 4 rings (SSSR count). The van der Waals surface area contributed by atoms with Gasteiger partial charge in [-0.15, -0.1) is 5.10 Å². The Kier molecular flexibility index (Phi) is 5.50. The third kappa shape index (κ3) is 4.04. The molecule has 1 aromatic heterocycles. The molecule has 1 aromatic carbocycles. The van der Waals surface area contributed by atoms with Crippen LogP contribution in [0.25, 0.3) is 5.69 Å². The van der Waals surface area contributed by atoms with Crippen molar-refractivity contribution in [2.45, 2.75) is 37.6 Å². The van der Waals surface area contributed by atoms with Crippen molar-refractivity contribution in [1.29, 1.82) is 0 Å². The summed E-state index contributed by atoms with van der Waals surface area (Å²) in [5.74, 6) is 0.00896. The normalized spacial score (nSPS) is 20.3. The van der Waals surface area contributed by atoms with Crippen LogP contribution in [0.3, 0.4) is 0 Å². The number of hydrogen-bond acceptors (Lipinski definition) is 5. The Bertz CT molecular complexity index is 749. The molecule has 0 atom stereocenters. The van der Waals surface area contributed by atoms with E-state index in [1.54, 1.807) is 11.0 Å². The van der Waals surface area contributed by atoms with Gasteiger partial charge in [-0.1, -0.05) is 37.5 Å². The number of ether oxygens (including phenoxy) is 1. The minimum Gasteiger partial charge on any atom is -0.379 e. The van der Waals surface area contributed by atoms with Crippen LogP contribution in [0.15, 0.2) is 36.7 Å². The lowest BCUT2D eigenvalue weighted by Gasteiger charge is -2.48. The molecule has 1 saturated heterocycles. The predicted molar refractivity (Wildman–Crippen MR) is 102 cm³/mol. The van der Waals surface area contributed by atoms with E-state index in [1.807, 2.05) is 30.3 Å². The number of amides is 1. The standard InChI is InChI=1S/C20H27N5O2/c26-19(18-22-16-25(23-18)17-7-3-1-4-8-17)21-15-20(9-5-2-6-10-20)24-11-13-27-14-12-24/h1,3-4,7-8,16H,2,5-6,9-15H2,(H,21,26). The highest BCUT2D eigenvalue weighted by Gasteiger charge is 2.39. The molecule has 27 heavy (non-hydrogen) atoms. The van der Waals surface area contributed by atoms with Gasteiger partial charge in [0.25, 0.3) is 5.91 Å². The van der Waals surface area contributed by atoms with E-state index in [0.717, 1.165) is 44.8 Å². The van der Waals surface area contributed by atoms with Gasteiger partial charge in [-0.05, 0) is 25.0 Å². The maximum absolute atomic E-state index is 12.7. The number of nitrogens with one attached hydrogen (secondary N) is 1. The van der Waals surface area contributed by atoms with Crippen molar-refractivity contribution in [2.24, 2.45) is 0 Å². The second-order valence-corrected chi connectivity index (χ2v) is 7.42. The van der Waals surface area contributed by atoms with Crippen LogP contribution in [0.2, 0.25) is 0 Å². The van der Waals surface area contributed by atoms with Gasteiger partial charge < -0.3 is 10.1 Å². The number of nitrogens with zero attached hydrogens (tertiary/aromatic N) is 4. The van der Waals surface area contributed by atoms with Gasteiger partial charge in [0.1, 0.15) is 6.33 Å². The highest BCUT2D eigenvalue weighted by molar-refractivity contribution is 5.90. The van der Waals surface area contributed by atoms with Gasteiger partial charge >= 0.3 is 0 Å². The summed E-state index contributed by atoms with van der Waals surface area (Å²) in [6.07, 6.45) is 7.55. The molecule has 0 radical (unpaired) electrons. The molecule has 0 bridgehead atoms. The zero-order valence-corrected chi connectivity index (χ0v) is 15.6. The fraction of sp³-hybridized carbons (Fsp3) is 0.550. The first-order valence-corrected chi connectivity index (χ1v) is 9.85. The molecule has 1 aliphatic carbocycles. The molecule has 0 unspecified atom stereocenters. The first-order valence-electron chi connectivity index (χ1n) is 9.85. The Morgan fingerprint density at radius 2 is 1.85 bits per heavy atom. The van der Waals surface area contributed by atoms with Crippen molar-refractivity contribution in [3.8, 4) is 5.69 Å². The monoisotopic (exact) mass is 369 g/mol. The van der Waals surface area contributed by atoms with Crippen LogP contribution in [-0.2, 0) is 4.74 Å². The third-order valence-corrected chi connectivity index (χ3v) is 5.76. The summed E-state index contributed by atoms with van der Waals surface area (Å²) < 4.78 is 7.16. The summed E-state index contributed by atoms with van der Waals surface area (Å²) in [7, 11) is 0. The molecule has 7 heteroatoms. The quantitative estimate of drug-likeness (QED) is 0.873. The minimum atomic E-state index is -0.206. The summed E-state index contributed by atoms with van der Waals surface area (Å²) in [4.78, 5) is 19.4. The van der Waals surface area contributed by atoms with Gasteiger partial charge in [-0.3, -0.25) is 9.69 Å². The van der Waals surface area contributed by atoms with Crippen molar-refractivity contribution in [3.05, 3.63) is 42.5 Å². The first kappa shape index (κ1) is 18.1. The number of para-hydroxylation sites is 1. The highest BCUT2D eigenvalue weighted by atomic mass is 16.5. The van der Waals surface area contributed by atoms with E-state index in [2.05, 4.69) is 20.3 Å². The molecule has 0 spiro atoms. The Morgan fingerprint density at radius 3 is 2.59 bits per heavy atom. The summed E-state index contributed by atoms with van der Waals surface area (Å²) in [5, 5.41) is 7.45. The summed E-state index contributed by atoms with van der Waals surface area (Å²) >= 11 is 0. The zero-order chi connectivity index (χ0) is 18.5. The third-order valence-electron chi connectivity index (χ3n) is 5.76. The average Bonchev–Trinajstić information content (AvgIpc) is 3.24. The van der Waals surface area contributed by atoms with E-state index in [-0.39, 0.29) is 17.3 Å². The Balaban J connectivity index is 1.43. The van der Waals surface area contributed by atoms with Gasteiger partial charge in [0.2, 0.25) is 5.82 Å². The summed E-state index contributed by atoms with van der Waals surface area (Å²) in [5.41, 5.74) is 0.931. The molecular formula is C20H27N5O2. The predicted octanol–water partition coefficient (Wildman–Crippen LogP) is 2.03. The van der Waals surface area contributed by atoms with Crippen molar-refractivity contribution in [1.82, 2.24) is 25.0 Å². The van der Waals surface area contributed by atoms with E-state index < -0.39 is 0 Å². The lowest BCUT2D eigenvalue weighted by atomic mass is 9.79. The lowest BCUT2D eigenvalue weighted by molar-refractivity contribution is -0.0361. The molecule has 7 nitrogen and oxygen atoms in total. The molecule has 1 aliphatic heterocycles. The van der Waals surface area contributed by atoms with E-state index in [0.29, 0.717) is 6.54 Å². The second-order valence-electron chi connectivity index (χ2n) is 7.42. The molecule has 2 heterocycles. The number of hydrogen-bond donors (Lipinski definition) is 1. The smallest absolute Gasteiger partial charge is 0.291 e. The Hall–Kier alpha value is -2.25. The highest BCUT2D eigenvalue weighted by Crippen LogP contribution is 2.33. The first-order chi connectivity index (χ1) is 13.3. The molecule has 2 fully saturated rings. The van der Waals surface area contributed by atoms with Crippen LogP contribution in [0.1, 0.15) is 42.7 Å². The van der Waals surface area contributed by atoms with Gasteiger partial charge in [0.15, 0.2) is 0 Å². The Labute approximate surface area is 159 Å². The van der Waals surface area contributed by atoms with Crippen molar-refractivity contribution < 1.29 is 9.53 Å². The number of carbonyl (C=O) groups excluding carboxylic acids is 1. The van der Waals surface area contributed by atoms with Gasteiger partial charge in [-0.25, -0.2) is 9.67 Å². The van der Waals surface area contributed by atoms with E-state index >= 15 is 0 Å². The van der Waals surface area contributed by atoms with Crippen LogP contribution < -0.4 is 5.32 Å². The van der Waals surface area contributed by atoms with Crippen LogP contribution in [0.5, 0.6) is 0 Å². The Morgan fingerprint density at radius 1 is 1.11 bits per heavy atom. The number of rotatable bonds is 5. The zero-order valence-electron chi connectivity index (χ0n) is 15.6. The van der Waals surface area contributed by atoms with Gasteiger partial charge in [0, 0.05) is 25.2 Å². The molecule has 2 aromatic rings. The van der Waals surface area contributed by atoms with E-state index in [4.69, 9.17) is 4.74 Å². The fourth-order valence-corrected chi connectivity index (χ4v) is 4.25. The van der Waals surface area contributed by atoms with Crippen LogP contribution in [-0.4, -0.2) is 64.0 Å². The van der Waals surface area contributed by atoms with Crippen molar-refractivity contribution in [2.75, 3.05) is 32.8 Å². The summed E-state index contributed by atoms with van der Waals surface area (Å²) in [6.45, 7) is 4.08. The number of carbonyl (C=O) groups is 1. The minimum absolute atomic E-state index is 0.0414. The fourth-order valence-electron chi connectivity index (χ4n) is 4.25. The van der Waals surface area contributed by atoms with Crippen molar-refractivity contribution in [3.63, 3.8) is 0 Å². The number of benzene rings is 1. The van der Waals surface area contributed by atoms with Gasteiger partial charge in [-0.2, -0.15) is 0 Å². The summed E-state index contributed by atoms with van der Waals surface area (Å²) in [6, 6.07) is 9.69. The SMILES string of the molecule is O=C(NCC1(N2CCOCC2)CCCCC1)c1ncn(-c2ccccc2)n1. The van der Waals surface area contributed by atoms with Crippen LogP contribution >= 0.6 is 0 Å². The maximum atomic E-state index is 12.7. The van der Waals surface area contributed by atoms with Gasteiger partial charge in [0.05, 0.1) is 18.9 Å². The van der Waals surface area contributed by atoms with E-state index in [1.165, 1.54) is 19.3 Å². The van der Waals surface area contributed by atoms with Crippen LogP contribution in [0, 0.1) is 0 Å². The molecular weight excluding hydrogens is 342 g/mol. The number of aromatic nitrogens is 3.